The summed E-state index contributed by atoms with van der Waals surface area (Å²) in [5.74, 6) is 1.01. The average molecular weight is 282 g/mol. The maximum absolute atomic E-state index is 5.84. The first-order valence-electron chi connectivity index (χ1n) is 7.45. The van der Waals surface area contributed by atoms with Crippen molar-refractivity contribution in [2.24, 2.45) is 0 Å². The van der Waals surface area contributed by atoms with Crippen LogP contribution < -0.4 is 10.1 Å². The molecule has 110 valence electrons. The van der Waals surface area contributed by atoms with Gasteiger partial charge in [-0.05, 0) is 31.2 Å². The van der Waals surface area contributed by atoms with Gasteiger partial charge in [-0.1, -0.05) is 36.4 Å². The standard InChI is InChI=1S/C18H22N2O/c1-14-6-3-4-7-15(14)12-20(2)13-16-8-5-9-17-18(16)21-11-10-19-17/h3-9,19H,10-13H2,1-2H3. The molecule has 0 radical (unpaired) electrons. The van der Waals surface area contributed by atoms with E-state index in [1.165, 1.54) is 16.7 Å². The Balaban J connectivity index is 1.73. The number of benzene rings is 2. The lowest BCUT2D eigenvalue weighted by Gasteiger charge is -2.24. The first-order valence-corrected chi connectivity index (χ1v) is 7.45. The van der Waals surface area contributed by atoms with Gasteiger partial charge >= 0.3 is 0 Å². The van der Waals surface area contributed by atoms with Gasteiger partial charge in [-0.15, -0.1) is 0 Å². The van der Waals surface area contributed by atoms with Crippen molar-refractivity contribution in [1.29, 1.82) is 0 Å². The Morgan fingerprint density at radius 1 is 1.05 bits per heavy atom. The number of fused-ring (bicyclic) bond motifs is 1. The molecule has 3 rings (SSSR count). The quantitative estimate of drug-likeness (QED) is 0.930. The zero-order chi connectivity index (χ0) is 14.7. The minimum Gasteiger partial charge on any atom is -0.489 e. The fourth-order valence-electron chi connectivity index (χ4n) is 2.78. The van der Waals surface area contributed by atoms with Gasteiger partial charge in [-0.3, -0.25) is 4.90 Å². The molecule has 0 amide bonds. The monoisotopic (exact) mass is 282 g/mol. The number of hydrogen-bond acceptors (Lipinski definition) is 3. The van der Waals surface area contributed by atoms with E-state index in [0.717, 1.165) is 37.7 Å². The molecule has 1 aliphatic rings. The molecular formula is C18H22N2O. The molecule has 0 saturated carbocycles. The van der Waals surface area contributed by atoms with Gasteiger partial charge in [0.1, 0.15) is 12.4 Å². The van der Waals surface area contributed by atoms with Crippen molar-refractivity contribution in [2.75, 3.05) is 25.5 Å². The summed E-state index contributed by atoms with van der Waals surface area (Å²) < 4.78 is 5.84. The van der Waals surface area contributed by atoms with Crippen LogP contribution in [0.5, 0.6) is 5.75 Å². The Hall–Kier alpha value is -2.00. The van der Waals surface area contributed by atoms with Crippen LogP contribution in [-0.4, -0.2) is 25.1 Å². The summed E-state index contributed by atoms with van der Waals surface area (Å²) in [5, 5.41) is 3.39. The summed E-state index contributed by atoms with van der Waals surface area (Å²) in [5.41, 5.74) is 5.08. The number of nitrogens with zero attached hydrogens (tertiary/aromatic N) is 1. The smallest absolute Gasteiger partial charge is 0.146 e. The highest BCUT2D eigenvalue weighted by molar-refractivity contribution is 5.61. The number of para-hydroxylation sites is 1. The molecule has 2 aromatic carbocycles. The lowest BCUT2D eigenvalue weighted by atomic mass is 10.1. The molecule has 0 saturated heterocycles. The van der Waals surface area contributed by atoms with E-state index in [4.69, 9.17) is 4.74 Å². The highest BCUT2D eigenvalue weighted by atomic mass is 16.5. The zero-order valence-corrected chi connectivity index (χ0v) is 12.7. The van der Waals surface area contributed by atoms with Crippen molar-refractivity contribution in [3.8, 4) is 5.75 Å². The first-order chi connectivity index (χ1) is 10.2. The Morgan fingerprint density at radius 3 is 2.67 bits per heavy atom. The molecule has 0 spiro atoms. The predicted molar refractivity (Wildman–Crippen MR) is 86.8 cm³/mol. The molecule has 2 aromatic rings. The minimum absolute atomic E-state index is 0.742. The minimum atomic E-state index is 0.742. The number of hydrogen-bond donors (Lipinski definition) is 1. The second-order valence-electron chi connectivity index (χ2n) is 5.67. The predicted octanol–water partition coefficient (Wildman–Crippen LogP) is 3.43. The molecule has 0 bridgehead atoms. The van der Waals surface area contributed by atoms with Gasteiger partial charge in [0.15, 0.2) is 0 Å². The van der Waals surface area contributed by atoms with E-state index in [1.54, 1.807) is 0 Å². The van der Waals surface area contributed by atoms with Gasteiger partial charge in [0.2, 0.25) is 0 Å². The molecule has 0 aliphatic carbocycles. The number of ether oxygens (including phenoxy) is 1. The fourth-order valence-corrected chi connectivity index (χ4v) is 2.78. The van der Waals surface area contributed by atoms with Crippen LogP contribution in [-0.2, 0) is 13.1 Å². The molecule has 3 nitrogen and oxygen atoms in total. The number of nitrogens with one attached hydrogen (secondary N) is 1. The third-order valence-electron chi connectivity index (χ3n) is 3.90. The van der Waals surface area contributed by atoms with Crippen molar-refractivity contribution < 1.29 is 4.74 Å². The molecule has 0 aromatic heterocycles. The van der Waals surface area contributed by atoms with Gasteiger partial charge in [0.25, 0.3) is 0 Å². The van der Waals surface area contributed by atoms with Crippen molar-refractivity contribution in [2.45, 2.75) is 20.0 Å². The molecule has 1 N–H and O–H groups in total. The van der Waals surface area contributed by atoms with Crippen LogP contribution in [0.15, 0.2) is 42.5 Å². The highest BCUT2D eigenvalue weighted by Gasteiger charge is 2.15. The van der Waals surface area contributed by atoms with Crippen molar-refractivity contribution in [3.05, 3.63) is 59.2 Å². The number of aryl methyl sites for hydroxylation is 1. The summed E-state index contributed by atoms with van der Waals surface area (Å²) in [6.45, 7) is 5.63. The number of rotatable bonds is 4. The molecule has 21 heavy (non-hydrogen) atoms. The highest BCUT2D eigenvalue weighted by Crippen LogP contribution is 2.32. The van der Waals surface area contributed by atoms with Crippen LogP contribution in [0.1, 0.15) is 16.7 Å². The average Bonchev–Trinajstić information content (AvgIpc) is 2.50. The van der Waals surface area contributed by atoms with E-state index in [0.29, 0.717) is 0 Å². The topological polar surface area (TPSA) is 24.5 Å². The van der Waals surface area contributed by atoms with Gasteiger partial charge < -0.3 is 10.1 Å². The zero-order valence-electron chi connectivity index (χ0n) is 12.7. The summed E-state index contributed by atoms with van der Waals surface area (Å²) in [7, 11) is 2.15. The van der Waals surface area contributed by atoms with Gasteiger partial charge in [0.05, 0.1) is 5.69 Å². The van der Waals surface area contributed by atoms with Gasteiger partial charge in [0, 0.05) is 25.2 Å². The molecule has 0 unspecified atom stereocenters. The van der Waals surface area contributed by atoms with E-state index in [9.17, 15) is 0 Å². The summed E-state index contributed by atoms with van der Waals surface area (Å²) >= 11 is 0. The normalized spacial score (nSPS) is 13.5. The van der Waals surface area contributed by atoms with Crippen molar-refractivity contribution in [1.82, 2.24) is 4.90 Å². The van der Waals surface area contributed by atoms with Gasteiger partial charge in [-0.2, -0.15) is 0 Å². The fraction of sp³-hybridized carbons (Fsp3) is 0.333. The van der Waals surface area contributed by atoms with E-state index in [-0.39, 0.29) is 0 Å². The third kappa shape index (κ3) is 3.19. The largest absolute Gasteiger partial charge is 0.489 e. The summed E-state index contributed by atoms with van der Waals surface area (Å²) in [6.07, 6.45) is 0. The van der Waals surface area contributed by atoms with E-state index < -0.39 is 0 Å². The van der Waals surface area contributed by atoms with Crippen LogP contribution >= 0.6 is 0 Å². The van der Waals surface area contributed by atoms with E-state index >= 15 is 0 Å². The summed E-state index contributed by atoms with van der Waals surface area (Å²) in [6, 6.07) is 14.9. The van der Waals surface area contributed by atoms with E-state index in [1.807, 2.05) is 0 Å². The Morgan fingerprint density at radius 2 is 1.81 bits per heavy atom. The maximum Gasteiger partial charge on any atom is 0.146 e. The van der Waals surface area contributed by atoms with Crippen molar-refractivity contribution >= 4 is 5.69 Å². The van der Waals surface area contributed by atoms with Crippen LogP contribution in [0.4, 0.5) is 5.69 Å². The maximum atomic E-state index is 5.84. The van der Waals surface area contributed by atoms with Gasteiger partial charge in [-0.25, -0.2) is 0 Å². The Labute approximate surface area is 126 Å². The van der Waals surface area contributed by atoms with Crippen LogP contribution in [0.25, 0.3) is 0 Å². The Bertz CT molecular complexity index is 624. The first kappa shape index (κ1) is 14.0. The van der Waals surface area contributed by atoms with Crippen LogP contribution in [0.2, 0.25) is 0 Å². The molecule has 0 fully saturated rings. The third-order valence-corrected chi connectivity index (χ3v) is 3.90. The lowest BCUT2D eigenvalue weighted by Crippen LogP contribution is -2.22. The second-order valence-corrected chi connectivity index (χ2v) is 5.67. The number of anilines is 1. The SMILES string of the molecule is Cc1ccccc1CN(C)Cc1cccc2c1OCCN2. The van der Waals surface area contributed by atoms with E-state index in [2.05, 4.69) is 66.7 Å². The summed E-state index contributed by atoms with van der Waals surface area (Å²) in [4.78, 5) is 2.33. The lowest BCUT2D eigenvalue weighted by molar-refractivity contribution is 0.291. The Kier molecular flexibility index (Phi) is 4.11. The molecular weight excluding hydrogens is 260 g/mol. The van der Waals surface area contributed by atoms with Crippen molar-refractivity contribution in [3.63, 3.8) is 0 Å². The molecule has 0 atom stereocenters. The second kappa shape index (κ2) is 6.19. The molecule has 1 aliphatic heterocycles. The molecule has 1 heterocycles. The van der Waals surface area contributed by atoms with Crippen LogP contribution in [0.3, 0.4) is 0 Å². The molecule has 3 heteroatoms. The van der Waals surface area contributed by atoms with Crippen LogP contribution in [0, 0.1) is 6.92 Å².